The fourth-order valence-corrected chi connectivity index (χ4v) is 2.57. The van der Waals surface area contributed by atoms with Crippen LogP contribution in [0, 0.1) is 13.8 Å². The zero-order valence-corrected chi connectivity index (χ0v) is 12.0. The lowest BCUT2D eigenvalue weighted by atomic mass is 10.1. The van der Waals surface area contributed by atoms with Crippen molar-refractivity contribution < 1.29 is 4.79 Å². The van der Waals surface area contributed by atoms with Crippen molar-refractivity contribution in [1.82, 2.24) is 10.3 Å². The second-order valence-electron chi connectivity index (χ2n) is 4.58. The summed E-state index contributed by atoms with van der Waals surface area (Å²) in [5.41, 5.74) is 7.83. The first kappa shape index (κ1) is 13.5. The Labute approximate surface area is 116 Å². The van der Waals surface area contributed by atoms with Crippen molar-refractivity contribution in [1.29, 1.82) is 0 Å². The minimum atomic E-state index is -0.120. The van der Waals surface area contributed by atoms with E-state index in [1.54, 1.807) is 23.5 Å². The molecule has 19 heavy (non-hydrogen) atoms. The molecule has 100 valence electrons. The van der Waals surface area contributed by atoms with Gasteiger partial charge in [-0.2, -0.15) is 0 Å². The average molecular weight is 275 g/mol. The maximum Gasteiger partial charge on any atom is 0.252 e. The molecule has 2 rings (SSSR count). The van der Waals surface area contributed by atoms with Gasteiger partial charge in [-0.25, -0.2) is 4.98 Å². The van der Waals surface area contributed by atoms with Gasteiger partial charge < -0.3 is 11.1 Å². The van der Waals surface area contributed by atoms with Crippen LogP contribution in [0.3, 0.4) is 0 Å². The highest BCUT2D eigenvalue weighted by Gasteiger charge is 2.15. The summed E-state index contributed by atoms with van der Waals surface area (Å²) in [6.45, 7) is 5.82. The number of benzene rings is 1. The minimum absolute atomic E-state index is 0.105. The Morgan fingerprint density at radius 2 is 2.16 bits per heavy atom. The molecule has 0 aliphatic heterocycles. The Morgan fingerprint density at radius 1 is 1.42 bits per heavy atom. The summed E-state index contributed by atoms with van der Waals surface area (Å²) < 4.78 is 0. The number of nitrogens with one attached hydrogen (secondary N) is 1. The van der Waals surface area contributed by atoms with Gasteiger partial charge in [0.15, 0.2) is 0 Å². The number of carbonyl (C=O) groups is 1. The molecule has 2 aromatic rings. The number of aromatic nitrogens is 1. The second kappa shape index (κ2) is 5.40. The lowest BCUT2D eigenvalue weighted by molar-refractivity contribution is 0.0939. The van der Waals surface area contributed by atoms with Gasteiger partial charge in [0.25, 0.3) is 5.91 Å². The highest BCUT2D eigenvalue weighted by molar-refractivity contribution is 7.11. The van der Waals surface area contributed by atoms with Gasteiger partial charge in [0, 0.05) is 22.3 Å². The third kappa shape index (κ3) is 3.12. The van der Waals surface area contributed by atoms with E-state index in [2.05, 4.69) is 10.3 Å². The first-order valence-electron chi connectivity index (χ1n) is 6.06. The van der Waals surface area contributed by atoms with Crippen LogP contribution in [0.1, 0.15) is 38.8 Å². The lowest BCUT2D eigenvalue weighted by Crippen LogP contribution is -2.27. The predicted molar refractivity (Wildman–Crippen MR) is 78.3 cm³/mol. The third-order valence-corrected chi connectivity index (χ3v) is 3.96. The molecule has 0 saturated carbocycles. The molecule has 4 nitrogen and oxygen atoms in total. The van der Waals surface area contributed by atoms with Crippen molar-refractivity contribution in [3.05, 3.63) is 45.4 Å². The van der Waals surface area contributed by atoms with Gasteiger partial charge in [-0.15, -0.1) is 11.3 Å². The molecule has 0 aliphatic carbocycles. The molecule has 1 unspecified atom stereocenters. The molecule has 1 aromatic carbocycles. The van der Waals surface area contributed by atoms with Crippen molar-refractivity contribution in [3.8, 4) is 0 Å². The van der Waals surface area contributed by atoms with Gasteiger partial charge in [0.1, 0.15) is 5.01 Å². The monoisotopic (exact) mass is 275 g/mol. The molecule has 0 saturated heterocycles. The van der Waals surface area contributed by atoms with Crippen LogP contribution < -0.4 is 11.1 Å². The number of aryl methyl sites for hydroxylation is 2. The first-order chi connectivity index (χ1) is 8.97. The van der Waals surface area contributed by atoms with E-state index in [1.807, 2.05) is 33.0 Å². The largest absolute Gasteiger partial charge is 0.399 e. The summed E-state index contributed by atoms with van der Waals surface area (Å²) in [5.74, 6) is -0.120. The van der Waals surface area contributed by atoms with E-state index in [-0.39, 0.29) is 11.9 Å². The quantitative estimate of drug-likeness (QED) is 0.846. The molecule has 5 heteroatoms. The Balaban J connectivity index is 2.15. The molecule has 0 radical (unpaired) electrons. The smallest absolute Gasteiger partial charge is 0.252 e. The average Bonchev–Trinajstić information content (AvgIpc) is 2.79. The SMILES string of the molecule is Cc1cnc(C(C)NC(=O)c2cc(N)ccc2C)s1. The highest BCUT2D eigenvalue weighted by Crippen LogP contribution is 2.20. The topological polar surface area (TPSA) is 68.0 Å². The van der Waals surface area contributed by atoms with E-state index in [1.165, 1.54) is 0 Å². The number of carbonyl (C=O) groups excluding carboxylic acids is 1. The first-order valence-corrected chi connectivity index (χ1v) is 6.88. The zero-order valence-electron chi connectivity index (χ0n) is 11.2. The fourth-order valence-electron chi connectivity index (χ4n) is 1.79. The summed E-state index contributed by atoms with van der Waals surface area (Å²) in [6.07, 6.45) is 1.81. The summed E-state index contributed by atoms with van der Waals surface area (Å²) in [6, 6.07) is 5.24. The van der Waals surface area contributed by atoms with E-state index in [0.29, 0.717) is 11.3 Å². The molecule has 1 heterocycles. The molecule has 1 amide bonds. The van der Waals surface area contributed by atoms with Crippen molar-refractivity contribution in [2.24, 2.45) is 0 Å². The van der Waals surface area contributed by atoms with Gasteiger partial charge in [0.2, 0.25) is 0 Å². The summed E-state index contributed by atoms with van der Waals surface area (Å²) >= 11 is 1.59. The van der Waals surface area contributed by atoms with Crippen molar-refractivity contribution in [2.75, 3.05) is 5.73 Å². The maximum absolute atomic E-state index is 12.2. The van der Waals surface area contributed by atoms with Crippen LogP contribution in [0.5, 0.6) is 0 Å². The molecule has 1 atom stereocenters. The van der Waals surface area contributed by atoms with E-state index >= 15 is 0 Å². The Morgan fingerprint density at radius 3 is 2.79 bits per heavy atom. The normalized spacial score (nSPS) is 12.2. The maximum atomic E-state index is 12.2. The lowest BCUT2D eigenvalue weighted by Gasteiger charge is -2.13. The molecule has 0 fully saturated rings. The van der Waals surface area contributed by atoms with Gasteiger partial charge in [0.05, 0.1) is 6.04 Å². The number of nitrogen functional groups attached to an aromatic ring is 1. The van der Waals surface area contributed by atoms with E-state index in [9.17, 15) is 4.79 Å². The summed E-state index contributed by atoms with van der Waals surface area (Å²) in [5, 5.41) is 3.86. The van der Waals surface area contributed by atoms with Crippen LogP contribution in [0.25, 0.3) is 0 Å². The van der Waals surface area contributed by atoms with Gasteiger partial charge in [-0.3, -0.25) is 4.79 Å². The predicted octanol–water partition coefficient (Wildman–Crippen LogP) is 2.83. The van der Waals surface area contributed by atoms with Crippen LogP contribution in [0.4, 0.5) is 5.69 Å². The number of anilines is 1. The number of nitrogens with two attached hydrogens (primary N) is 1. The third-order valence-electron chi connectivity index (χ3n) is 2.86. The summed E-state index contributed by atoms with van der Waals surface area (Å²) in [4.78, 5) is 17.6. The number of hydrogen-bond donors (Lipinski definition) is 2. The van der Waals surface area contributed by atoms with Crippen LogP contribution in [0.15, 0.2) is 24.4 Å². The molecule has 0 bridgehead atoms. The minimum Gasteiger partial charge on any atom is -0.399 e. The number of hydrogen-bond acceptors (Lipinski definition) is 4. The van der Waals surface area contributed by atoms with Crippen LogP contribution in [0.2, 0.25) is 0 Å². The number of nitrogens with zero attached hydrogens (tertiary/aromatic N) is 1. The molecule has 3 N–H and O–H groups in total. The standard InChI is InChI=1S/C14H17N3OS/c1-8-4-5-11(15)6-12(8)13(18)17-10(3)14-16-7-9(2)19-14/h4-7,10H,15H2,1-3H3,(H,17,18). The van der Waals surface area contributed by atoms with E-state index in [0.717, 1.165) is 15.4 Å². The van der Waals surface area contributed by atoms with E-state index in [4.69, 9.17) is 5.73 Å². The Hall–Kier alpha value is -1.88. The second-order valence-corrected chi connectivity index (χ2v) is 5.85. The van der Waals surface area contributed by atoms with Crippen molar-refractivity contribution in [3.63, 3.8) is 0 Å². The van der Waals surface area contributed by atoms with Crippen LogP contribution in [-0.2, 0) is 0 Å². The van der Waals surface area contributed by atoms with Crippen molar-refractivity contribution in [2.45, 2.75) is 26.8 Å². The van der Waals surface area contributed by atoms with Gasteiger partial charge in [-0.1, -0.05) is 6.07 Å². The molecular formula is C14H17N3OS. The Kier molecular flexibility index (Phi) is 3.85. The van der Waals surface area contributed by atoms with Crippen LogP contribution in [-0.4, -0.2) is 10.9 Å². The molecule has 1 aromatic heterocycles. The highest BCUT2D eigenvalue weighted by atomic mass is 32.1. The van der Waals surface area contributed by atoms with Gasteiger partial charge >= 0.3 is 0 Å². The number of thiazole rings is 1. The summed E-state index contributed by atoms with van der Waals surface area (Å²) in [7, 11) is 0. The number of rotatable bonds is 3. The van der Waals surface area contributed by atoms with Crippen LogP contribution >= 0.6 is 11.3 Å². The fraction of sp³-hybridized carbons (Fsp3) is 0.286. The van der Waals surface area contributed by atoms with E-state index < -0.39 is 0 Å². The number of amides is 1. The molecular weight excluding hydrogens is 258 g/mol. The Bertz CT molecular complexity index is 606. The van der Waals surface area contributed by atoms with Gasteiger partial charge in [-0.05, 0) is 38.5 Å². The molecule has 0 aliphatic rings. The molecule has 0 spiro atoms. The zero-order chi connectivity index (χ0) is 14.0. The van der Waals surface area contributed by atoms with Crippen molar-refractivity contribution >= 4 is 22.9 Å².